The number of aromatic nitrogens is 1. The lowest BCUT2D eigenvalue weighted by Gasteiger charge is -2.19. The van der Waals surface area contributed by atoms with Crippen LogP contribution in [0.3, 0.4) is 0 Å². The molecule has 1 heterocycles. The summed E-state index contributed by atoms with van der Waals surface area (Å²) in [5.74, 6) is -0.389. The number of carbonyl (C=O) groups excluding carboxylic acids is 2. The smallest absolute Gasteiger partial charge is 0.270 e. The van der Waals surface area contributed by atoms with E-state index in [2.05, 4.69) is 21.2 Å². The Bertz CT molecular complexity index is 788. The first-order valence-corrected chi connectivity index (χ1v) is 9.01. The second kappa shape index (κ2) is 7.87. The van der Waals surface area contributed by atoms with E-state index in [0.29, 0.717) is 12.2 Å². The molecule has 2 amide bonds. The molecule has 0 radical (unpaired) electrons. The van der Waals surface area contributed by atoms with Crippen LogP contribution in [0.2, 0.25) is 0 Å². The molecule has 1 aromatic carbocycles. The van der Waals surface area contributed by atoms with Gasteiger partial charge in [0.05, 0.1) is 6.54 Å². The number of amides is 2. The van der Waals surface area contributed by atoms with E-state index in [1.165, 1.54) is 4.90 Å². The van der Waals surface area contributed by atoms with Crippen molar-refractivity contribution in [3.8, 4) is 0 Å². The molecule has 0 unspecified atom stereocenters. The first-order valence-electron chi connectivity index (χ1n) is 8.21. The minimum Gasteiger partial charge on any atom is -0.343 e. The maximum atomic E-state index is 12.6. The van der Waals surface area contributed by atoms with Crippen molar-refractivity contribution >= 4 is 33.4 Å². The van der Waals surface area contributed by atoms with Crippen LogP contribution in [-0.4, -0.2) is 34.9 Å². The molecule has 0 saturated heterocycles. The van der Waals surface area contributed by atoms with Gasteiger partial charge < -0.3 is 14.8 Å². The number of rotatable bonds is 5. The third kappa shape index (κ3) is 4.51. The summed E-state index contributed by atoms with van der Waals surface area (Å²) in [6, 6.07) is 5.83. The molecule has 2 rings (SSSR count). The molecule has 0 spiro atoms. The highest BCUT2D eigenvalue weighted by atomic mass is 79.9. The second-order valence-electron chi connectivity index (χ2n) is 6.31. The van der Waals surface area contributed by atoms with Crippen LogP contribution in [-0.2, 0) is 11.3 Å². The standard InChI is InChI=1S/C19H24BrN3O2/c1-6-23-10-15(20)9-16(23)19(25)22(5)11-17(24)21-18-13(3)7-12(2)8-14(18)4/h7-10H,6,11H2,1-5H3,(H,21,24). The predicted octanol–water partition coefficient (Wildman–Crippen LogP) is 3.91. The fraction of sp³-hybridized carbons (Fsp3) is 0.368. The number of nitrogens with one attached hydrogen (secondary N) is 1. The van der Waals surface area contributed by atoms with Crippen molar-refractivity contribution in [1.82, 2.24) is 9.47 Å². The van der Waals surface area contributed by atoms with E-state index in [1.54, 1.807) is 13.1 Å². The fourth-order valence-electron chi connectivity index (χ4n) is 2.95. The number of likely N-dealkylation sites (N-methyl/N-ethyl adjacent to an activating group) is 1. The van der Waals surface area contributed by atoms with Crippen LogP contribution in [0.4, 0.5) is 5.69 Å². The molecule has 6 heteroatoms. The van der Waals surface area contributed by atoms with E-state index in [4.69, 9.17) is 0 Å². The Hall–Kier alpha value is -2.08. The summed E-state index contributed by atoms with van der Waals surface area (Å²) >= 11 is 3.39. The Morgan fingerprint density at radius 2 is 1.76 bits per heavy atom. The average Bonchev–Trinajstić information content (AvgIpc) is 2.91. The Morgan fingerprint density at radius 1 is 1.16 bits per heavy atom. The minimum absolute atomic E-state index is 0.00188. The third-order valence-corrected chi connectivity index (χ3v) is 4.53. The zero-order valence-electron chi connectivity index (χ0n) is 15.3. The van der Waals surface area contributed by atoms with Crippen LogP contribution in [0.5, 0.6) is 0 Å². The van der Waals surface area contributed by atoms with Crippen molar-refractivity contribution in [2.45, 2.75) is 34.2 Å². The molecule has 0 bridgehead atoms. The van der Waals surface area contributed by atoms with Gasteiger partial charge in [-0.05, 0) is 60.8 Å². The zero-order chi connectivity index (χ0) is 18.7. The van der Waals surface area contributed by atoms with Gasteiger partial charge >= 0.3 is 0 Å². The largest absolute Gasteiger partial charge is 0.343 e. The lowest BCUT2D eigenvalue weighted by Crippen LogP contribution is -2.36. The van der Waals surface area contributed by atoms with E-state index in [-0.39, 0.29) is 18.4 Å². The summed E-state index contributed by atoms with van der Waals surface area (Å²) in [5, 5.41) is 2.93. The summed E-state index contributed by atoms with van der Waals surface area (Å²) in [6.45, 7) is 8.62. The summed E-state index contributed by atoms with van der Waals surface area (Å²) < 4.78 is 2.70. The maximum absolute atomic E-state index is 12.6. The molecule has 0 fully saturated rings. The lowest BCUT2D eigenvalue weighted by molar-refractivity contribution is -0.116. The molecule has 0 atom stereocenters. The Balaban J connectivity index is 2.09. The highest BCUT2D eigenvalue weighted by Gasteiger charge is 2.19. The van der Waals surface area contributed by atoms with Gasteiger partial charge in [-0.15, -0.1) is 0 Å². The summed E-state index contributed by atoms with van der Waals surface area (Å²) in [4.78, 5) is 26.4. The quantitative estimate of drug-likeness (QED) is 0.819. The molecule has 5 nitrogen and oxygen atoms in total. The number of hydrogen-bond acceptors (Lipinski definition) is 2. The number of benzene rings is 1. The zero-order valence-corrected chi connectivity index (χ0v) is 16.9. The minimum atomic E-state index is -0.209. The van der Waals surface area contributed by atoms with Gasteiger partial charge in [-0.25, -0.2) is 0 Å². The molecule has 1 N–H and O–H groups in total. The predicted molar refractivity (Wildman–Crippen MR) is 104 cm³/mol. The molecule has 1 aromatic heterocycles. The summed E-state index contributed by atoms with van der Waals surface area (Å²) in [5.41, 5.74) is 4.57. The summed E-state index contributed by atoms with van der Waals surface area (Å²) in [6.07, 6.45) is 1.86. The SMILES string of the molecule is CCn1cc(Br)cc1C(=O)N(C)CC(=O)Nc1c(C)cc(C)cc1C. The number of anilines is 1. The van der Waals surface area contributed by atoms with Crippen molar-refractivity contribution in [3.05, 3.63) is 51.3 Å². The first-order chi connectivity index (χ1) is 11.7. The monoisotopic (exact) mass is 405 g/mol. The van der Waals surface area contributed by atoms with Gasteiger partial charge in [-0.3, -0.25) is 9.59 Å². The lowest BCUT2D eigenvalue weighted by atomic mass is 10.1. The molecule has 0 aliphatic rings. The topological polar surface area (TPSA) is 54.3 Å². The van der Waals surface area contributed by atoms with Gasteiger partial charge in [-0.2, -0.15) is 0 Å². The number of hydrogen-bond donors (Lipinski definition) is 1. The van der Waals surface area contributed by atoms with Gasteiger partial charge in [0.25, 0.3) is 5.91 Å². The third-order valence-electron chi connectivity index (χ3n) is 4.09. The number of carbonyl (C=O) groups is 2. The van der Waals surface area contributed by atoms with Crippen LogP contribution >= 0.6 is 15.9 Å². The van der Waals surface area contributed by atoms with E-state index >= 15 is 0 Å². The molecule has 25 heavy (non-hydrogen) atoms. The molecule has 134 valence electrons. The molecule has 0 saturated carbocycles. The van der Waals surface area contributed by atoms with Gasteiger partial charge in [0.15, 0.2) is 0 Å². The maximum Gasteiger partial charge on any atom is 0.270 e. The fourth-order valence-corrected chi connectivity index (χ4v) is 3.42. The van der Waals surface area contributed by atoms with Gasteiger partial charge in [0, 0.05) is 29.9 Å². The Kier molecular flexibility index (Phi) is 6.06. The number of nitrogens with zero attached hydrogens (tertiary/aromatic N) is 2. The van der Waals surface area contributed by atoms with Crippen molar-refractivity contribution in [1.29, 1.82) is 0 Å². The number of aryl methyl sites for hydroxylation is 4. The molecule has 0 aliphatic heterocycles. The van der Waals surface area contributed by atoms with E-state index in [9.17, 15) is 9.59 Å². The molecular weight excluding hydrogens is 382 g/mol. The van der Waals surface area contributed by atoms with Crippen molar-refractivity contribution in [2.24, 2.45) is 0 Å². The van der Waals surface area contributed by atoms with Crippen molar-refractivity contribution < 1.29 is 9.59 Å². The molecule has 2 aromatic rings. The second-order valence-corrected chi connectivity index (χ2v) is 7.23. The van der Waals surface area contributed by atoms with E-state index < -0.39 is 0 Å². The van der Waals surface area contributed by atoms with Gasteiger partial charge in [-0.1, -0.05) is 17.7 Å². The van der Waals surface area contributed by atoms with Crippen LogP contribution < -0.4 is 5.32 Å². The van der Waals surface area contributed by atoms with E-state index in [1.807, 2.05) is 50.6 Å². The summed E-state index contributed by atoms with van der Waals surface area (Å²) in [7, 11) is 1.64. The first kappa shape index (κ1) is 19.2. The van der Waals surface area contributed by atoms with Crippen molar-refractivity contribution in [3.63, 3.8) is 0 Å². The Labute approximate surface area is 157 Å². The van der Waals surface area contributed by atoms with E-state index in [0.717, 1.165) is 26.9 Å². The van der Waals surface area contributed by atoms with Crippen LogP contribution in [0.1, 0.15) is 34.1 Å². The van der Waals surface area contributed by atoms with Gasteiger partial charge in [0.1, 0.15) is 5.69 Å². The van der Waals surface area contributed by atoms with Gasteiger partial charge in [0.2, 0.25) is 5.91 Å². The Morgan fingerprint density at radius 3 is 2.32 bits per heavy atom. The van der Waals surface area contributed by atoms with Crippen LogP contribution in [0.15, 0.2) is 28.9 Å². The molecular formula is C19H24BrN3O2. The number of halogens is 1. The molecule has 0 aliphatic carbocycles. The van der Waals surface area contributed by atoms with Crippen molar-refractivity contribution in [2.75, 3.05) is 18.9 Å². The van der Waals surface area contributed by atoms with Crippen LogP contribution in [0, 0.1) is 20.8 Å². The highest BCUT2D eigenvalue weighted by molar-refractivity contribution is 9.10. The van der Waals surface area contributed by atoms with Crippen LogP contribution in [0.25, 0.3) is 0 Å². The normalized spacial score (nSPS) is 10.6. The highest BCUT2D eigenvalue weighted by Crippen LogP contribution is 2.22. The average molecular weight is 406 g/mol.